The van der Waals surface area contributed by atoms with Gasteiger partial charge in [0.1, 0.15) is 5.82 Å². The third-order valence-corrected chi connectivity index (χ3v) is 4.49. The van der Waals surface area contributed by atoms with Crippen LogP contribution in [0.25, 0.3) is 0 Å². The van der Waals surface area contributed by atoms with Gasteiger partial charge in [0.05, 0.1) is 0 Å². The summed E-state index contributed by atoms with van der Waals surface area (Å²) in [6.45, 7) is 2.66. The van der Waals surface area contributed by atoms with E-state index in [1.807, 2.05) is 24.0 Å². The number of nitrogens with zero attached hydrogens (tertiary/aromatic N) is 1. The number of carbonyl (C=O) groups excluding carboxylic acids is 1. The number of likely N-dealkylation sites (tertiary alicyclic amines) is 1. The van der Waals surface area contributed by atoms with E-state index >= 15 is 0 Å². The minimum atomic E-state index is -0.231. The Labute approximate surface area is 148 Å². The summed E-state index contributed by atoms with van der Waals surface area (Å²) in [5.41, 5.74) is 8.95. The number of aryl methyl sites for hydroxylation is 1. The van der Waals surface area contributed by atoms with Crippen LogP contribution in [0.1, 0.15) is 34.3 Å². The van der Waals surface area contributed by atoms with E-state index in [4.69, 9.17) is 5.73 Å². The van der Waals surface area contributed by atoms with Gasteiger partial charge in [-0.1, -0.05) is 18.2 Å². The molecule has 1 amide bonds. The number of hydrogen-bond donors (Lipinski definition) is 1. The summed E-state index contributed by atoms with van der Waals surface area (Å²) in [7, 11) is 0. The molecule has 1 atom stereocenters. The Morgan fingerprint density at radius 1 is 1.29 bits per heavy atom. The summed E-state index contributed by atoms with van der Waals surface area (Å²) in [6.07, 6.45) is 2.61. The lowest BCUT2D eigenvalue weighted by molar-refractivity contribution is 0.0736. The van der Waals surface area contributed by atoms with Gasteiger partial charge in [0.15, 0.2) is 0 Å². The summed E-state index contributed by atoms with van der Waals surface area (Å²) in [5.74, 6) is -0.209. The van der Waals surface area contributed by atoms with Gasteiger partial charge in [0.2, 0.25) is 0 Å². The maximum Gasteiger partial charge on any atom is 0.254 e. The van der Waals surface area contributed by atoms with E-state index in [1.54, 1.807) is 24.3 Å². The van der Waals surface area contributed by atoms with Gasteiger partial charge in [-0.3, -0.25) is 4.79 Å². The molecule has 1 saturated heterocycles. The fourth-order valence-corrected chi connectivity index (χ4v) is 3.28. The summed E-state index contributed by atoms with van der Waals surface area (Å²) >= 11 is 0. The van der Waals surface area contributed by atoms with Crippen molar-refractivity contribution >= 4 is 24.0 Å². The van der Waals surface area contributed by atoms with E-state index in [2.05, 4.69) is 0 Å². The van der Waals surface area contributed by atoms with Crippen molar-refractivity contribution in [1.82, 2.24) is 4.90 Å². The van der Waals surface area contributed by atoms with Crippen LogP contribution in [0.4, 0.5) is 10.1 Å². The second-order valence-electron chi connectivity index (χ2n) is 6.20. The maximum absolute atomic E-state index is 13.4. The summed E-state index contributed by atoms with van der Waals surface area (Å²) < 4.78 is 13.4. The summed E-state index contributed by atoms with van der Waals surface area (Å²) in [4.78, 5) is 14.8. The Morgan fingerprint density at radius 3 is 2.83 bits per heavy atom. The molecule has 2 aromatic rings. The average Bonchev–Trinajstić information content (AvgIpc) is 2.97. The van der Waals surface area contributed by atoms with Gasteiger partial charge in [0, 0.05) is 23.8 Å². The molecule has 0 radical (unpaired) electrons. The highest BCUT2D eigenvalue weighted by molar-refractivity contribution is 5.96. The van der Waals surface area contributed by atoms with E-state index in [1.165, 1.54) is 6.07 Å². The Balaban J connectivity index is 0.00000208. The minimum absolute atomic E-state index is 0. The van der Waals surface area contributed by atoms with Gasteiger partial charge in [-0.25, -0.2) is 4.39 Å². The Kier molecular flexibility index (Phi) is 5.84. The highest BCUT2D eigenvalue weighted by Gasteiger charge is 2.30. The lowest BCUT2D eigenvalue weighted by atomic mass is 10.0. The molecule has 3 nitrogen and oxygen atoms in total. The average molecular weight is 349 g/mol. The van der Waals surface area contributed by atoms with E-state index in [9.17, 15) is 9.18 Å². The van der Waals surface area contributed by atoms with Crippen LogP contribution in [0.2, 0.25) is 0 Å². The van der Waals surface area contributed by atoms with Crippen LogP contribution in [-0.2, 0) is 6.42 Å². The lowest BCUT2D eigenvalue weighted by Crippen LogP contribution is -2.37. The molecular formula is C19H22ClFN2O. The largest absolute Gasteiger partial charge is 0.399 e. The van der Waals surface area contributed by atoms with Gasteiger partial charge >= 0.3 is 0 Å². The second-order valence-corrected chi connectivity index (χ2v) is 6.20. The summed E-state index contributed by atoms with van der Waals surface area (Å²) in [6, 6.07) is 12.2. The number of halogens is 2. The van der Waals surface area contributed by atoms with Crippen molar-refractivity contribution in [2.24, 2.45) is 0 Å². The van der Waals surface area contributed by atoms with E-state index in [-0.39, 0.29) is 30.2 Å². The number of benzene rings is 2. The maximum atomic E-state index is 13.4. The quantitative estimate of drug-likeness (QED) is 0.853. The van der Waals surface area contributed by atoms with Crippen LogP contribution in [0.15, 0.2) is 42.5 Å². The van der Waals surface area contributed by atoms with Crippen LogP contribution in [0.5, 0.6) is 0 Å². The number of rotatable bonds is 3. The first-order valence-electron chi connectivity index (χ1n) is 7.96. The fraction of sp³-hybridized carbons (Fsp3) is 0.316. The fourth-order valence-electron chi connectivity index (χ4n) is 3.28. The zero-order chi connectivity index (χ0) is 16.4. The third-order valence-electron chi connectivity index (χ3n) is 4.49. The Bertz CT molecular complexity index is 735. The standard InChI is InChI=1S/C19H21FN2O.ClH/c1-13-7-8-16(21)12-18(13)19(23)22-9-3-6-17(22)11-14-4-2-5-15(20)10-14;/h2,4-5,7-8,10,12,17H,3,6,9,11,21H2,1H3;1H. The van der Waals surface area contributed by atoms with Gasteiger partial charge in [-0.2, -0.15) is 0 Å². The van der Waals surface area contributed by atoms with Crippen LogP contribution >= 0.6 is 12.4 Å². The van der Waals surface area contributed by atoms with Crippen LogP contribution in [0, 0.1) is 12.7 Å². The van der Waals surface area contributed by atoms with Crippen LogP contribution in [-0.4, -0.2) is 23.4 Å². The predicted molar refractivity (Wildman–Crippen MR) is 97.0 cm³/mol. The van der Waals surface area contributed by atoms with Crippen molar-refractivity contribution in [2.75, 3.05) is 12.3 Å². The zero-order valence-corrected chi connectivity index (χ0v) is 14.5. The van der Waals surface area contributed by atoms with Crippen molar-refractivity contribution in [1.29, 1.82) is 0 Å². The topological polar surface area (TPSA) is 46.3 Å². The molecule has 1 aliphatic heterocycles. The molecule has 0 spiro atoms. The molecule has 2 N–H and O–H groups in total. The lowest BCUT2D eigenvalue weighted by Gasteiger charge is -2.26. The normalized spacial score (nSPS) is 16.8. The molecule has 5 heteroatoms. The highest BCUT2D eigenvalue weighted by Crippen LogP contribution is 2.25. The van der Waals surface area contributed by atoms with Gasteiger partial charge in [0.25, 0.3) is 5.91 Å². The SMILES string of the molecule is Cc1ccc(N)cc1C(=O)N1CCCC1Cc1cccc(F)c1.Cl. The van der Waals surface area contributed by atoms with Crippen molar-refractivity contribution in [3.05, 3.63) is 65.0 Å². The first kappa shape index (κ1) is 18.3. The van der Waals surface area contributed by atoms with E-state index in [0.29, 0.717) is 17.7 Å². The molecule has 1 unspecified atom stereocenters. The highest BCUT2D eigenvalue weighted by atomic mass is 35.5. The molecule has 2 aromatic carbocycles. The van der Waals surface area contributed by atoms with Gasteiger partial charge in [-0.15, -0.1) is 12.4 Å². The predicted octanol–water partition coefficient (Wildman–Crippen LogP) is 3.99. The molecule has 0 aromatic heterocycles. The van der Waals surface area contributed by atoms with Crippen LogP contribution < -0.4 is 5.73 Å². The Morgan fingerprint density at radius 2 is 2.08 bits per heavy atom. The molecule has 0 saturated carbocycles. The minimum Gasteiger partial charge on any atom is -0.399 e. The number of nitrogen functional groups attached to an aromatic ring is 1. The molecule has 1 aliphatic rings. The van der Waals surface area contributed by atoms with Crippen molar-refractivity contribution in [3.8, 4) is 0 Å². The number of nitrogens with two attached hydrogens (primary N) is 1. The molecule has 24 heavy (non-hydrogen) atoms. The molecule has 1 heterocycles. The van der Waals surface area contributed by atoms with Gasteiger partial charge < -0.3 is 10.6 Å². The number of anilines is 1. The zero-order valence-electron chi connectivity index (χ0n) is 13.7. The first-order chi connectivity index (χ1) is 11.0. The first-order valence-corrected chi connectivity index (χ1v) is 7.96. The van der Waals surface area contributed by atoms with E-state index in [0.717, 1.165) is 30.5 Å². The molecule has 0 bridgehead atoms. The molecule has 1 fully saturated rings. The van der Waals surface area contributed by atoms with Crippen LogP contribution in [0.3, 0.4) is 0 Å². The monoisotopic (exact) mass is 348 g/mol. The number of amides is 1. The number of hydrogen-bond acceptors (Lipinski definition) is 2. The van der Waals surface area contributed by atoms with Crippen molar-refractivity contribution in [2.45, 2.75) is 32.2 Å². The second kappa shape index (κ2) is 7.67. The number of carbonyl (C=O) groups is 1. The summed E-state index contributed by atoms with van der Waals surface area (Å²) in [5, 5.41) is 0. The van der Waals surface area contributed by atoms with Crippen molar-refractivity contribution in [3.63, 3.8) is 0 Å². The third kappa shape index (κ3) is 3.88. The molecular weight excluding hydrogens is 327 g/mol. The molecule has 128 valence electrons. The Hall–Kier alpha value is -2.07. The smallest absolute Gasteiger partial charge is 0.254 e. The molecule has 3 rings (SSSR count). The van der Waals surface area contributed by atoms with Crippen molar-refractivity contribution < 1.29 is 9.18 Å². The van der Waals surface area contributed by atoms with Gasteiger partial charge in [-0.05, 0) is 61.6 Å². The molecule has 0 aliphatic carbocycles. The van der Waals surface area contributed by atoms with E-state index < -0.39 is 0 Å².